The smallest absolute Gasteiger partial charge is 0.431 e. The minimum atomic E-state index is -4.50. The van der Waals surface area contributed by atoms with E-state index in [9.17, 15) is 13.2 Å². The molecule has 2 bridgehead atoms. The summed E-state index contributed by atoms with van der Waals surface area (Å²) in [6, 6.07) is 8.45. The first-order chi connectivity index (χ1) is 15.5. The van der Waals surface area contributed by atoms with Gasteiger partial charge in [-0.15, -0.1) is 0 Å². The van der Waals surface area contributed by atoms with E-state index in [1.54, 1.807) is 0 Å². The van der Waals surface area contributed by atoms with Gasteiger partial charge in [0.1, 0.15) is 29.2 Å². The van der Waals surface area contributed by atoms with Crippen molar-refractivity contribution in [1.82, 2.24) is 15.0 Å². The lowest BCUT2D eigenvalue weighted by Crippen LogP contribution is -2.43. The average molecular weight is 444 g/mol. The van der Waals surface area contributed by atoms with Crippen LogP contribution in [0.3, 0.4) is 0 Å². The highest BCUT2D eigenvalue weighted by molar-refractivity contribution is 5.88. The first kappa shape index (κ1) is 19.6. The zero-order valence-corrected chi connectivity index (χ0v) is 16.7. The second-order valence-corrected chi connectivity index (χ2v) is 8.14. The van der Waals surface area contributed by atoms with Crippen molar-refractivity contribution < 1.29 is 27.4 Å². The Morgan fingerprint density at radius 2 is 1.88 bits per heavy atom. The van der Waals surface area contributed by atoms with E-state index in [-0.39, 0.29) is 35.2 Å². The van der Waals surface area contributed by atoms with Crippen molar-refractivity contribution in [1.29, 1.82) is 0 Å². The molecule has 4 aliphatic heterocycles. The van der Waals surface area contributed by atoms with Gasteiger partial charge in [-0.05, 0) is 18.2 Å². The Hall–Kier alpha value is -3.11. The molecule has 1 aromatic carbocycles. The lowest BCUT2D eigenvalue weighted by atomic mass is 9.78. The van der Waals surface area contributed by atoms with Crippen LogP contribution in [0.2, 0.25) is 0 Å². The topological polar surface area (TPSA) is 81.3 Å². The van der Waals surface area contributed by atoms with Gasteiger partial charge in [0.15, 0.2) is 6.29 Å². The van der Waals surface area contributed by atoms with Crippen LogP contribution in [0.15, 0.2) is 48.3 Å². The van der Waals surface area contributed by atoms with Gasteiger partial charge in [0.2, 0.25) is 0 Å². The van der Waals surface area contributed by atoms with Crippen LogP contribution < -0.4 is 10.1 Å². The first-order valence-electron chi connectivity index (χ1n) is 10.3. The lowest BCUT2D eigenvalue weighted by molar-refractivity contribution is -0.182. The Morgan fingerprint density at radius 3 is 2.62 bits per heavy atom. The number of fused-ring (bicyclic) bond motifs is 4. The fourth-order valence-corrected chi connectivity index (χ4v) is 4.71. The molecule has 7 nitrogen and oxygen atoms in total. The number of rotatable bonds is 3. The Kier molecular flexibility index (Phi) is 4.41. The number of ether oxygens (including phenoxy) is 3. The van der Waals surface area contributed by atoms with Gasteiger partial charge in [0.05, 0.1) is 31.2 Å². The summed E-state index contributed by atoms with van der Waals surface area (Å²) < 4.78 is 57.1. The van der Waals surface area contributed by atoms with Crippen LogP contribution in [0.4, 0.5) is 19.0 Å². The minimum Gasteiger partial charge on any atom is -0.493 e. The quantitative estimate of drug-likeness (QED) is 0.593. The van der Waals surface area contributed by atoms with E-state index in [0.29, 0.717) is 25.6 Å². The molecule has 0 spiro atoms. The van der Waals surface area contributed by atoms with Crippen molar-refractivity contribution in [3.63, 3.8) is 0 Å². The summed E-state index contributed by atoms with van der Waals surface area (Å²) in [6.07, 6.45) is -1.64. The molecular weight excluding hydrogens is 425 g/mol. The molecule has 3 aromatic rings. The highest BCUT2D eigenvalue weighted by Gasteiger charge is 2.41. The van der Waals surface area contributed by atoms with Crippen LogP contribution in [-0.4, -0.2) is 41.1 Å². The van der Waals surface area contributed by atoms with Gasteiger partial charge in [0.25, 0.3) is 0 Å². The highest BCUT2D eigenvalue weighted by Crippen LogP contribution is 2.45. The molecule has 166 valence electrons. The third-order valence-corrected chi connectivity index (χ3v) is 6.25. The molecule has 0 amide bonds. The standard InChI is InChI=1S/C22H19F3N4O3/c23-22(24,25)17-5-14-20(28-17)26-10-27-21(14)29-19-12-3-1-2-4-16(12)30-9-15(19)13-6-18-31-7-11(13)8-32-18/h1-6,10-11,15,18-19H,7-9H2,(H2,26,27,28,29). The summed E-state index contributed by atoms with van der Waals surface area (Å²) in [7, 11) is 0. The van der Waals surface area contributed by atoms with Gasteiger partial charge < -0.3 is 24.5 Å². The number of anilines is 1. The molecule has 0 aliphatic carbocycles. The number of aromatic nitrogens is 3. The van der Waals surface area contributed by atoms with E-state index in [4.69, 9.17) is 14.2 Å². The van der Waals surface area contributed by atoms with Gasteiger partial charge in [-0.3, -0.25) is 0 Å². The summed E-state index contributed by atoms with van der Waals surface area (Å²) in [4.78, 5) is 10.6. The Morgan fingerprint density at radius 1 is 1.06 bits per heavy atom. The average Bonchev–Trinajstić information content (AvgIpc) is 3.26. The van der Waals surface area contributed by atoms with Crippen molar-refractivity contribution in [2.24, 2.45) is 11.8 Å². The monoisotopic (exact) mass is 444 g/mol. The fraction of sp³-hybridized carbons (Fsp3) is 0.364. The maximum atomic E-state index is 13.3. The van der Waals surface area contributed by atoms with E-state index in [1.807, 2.05) is 30.3 Å². The van der Waals surface area contributed by atoms with E-state index in [1.165, 1.54) is 11.9 Å². The Labute approximate surface area is 180 Å². The maximum Gasteiger partial charge on any atom is 0.431 e. The van der Waals surface area contributed by atoms with E-state index in [2.05, 4.69) is 20.3 Å². The van der Waals surface area contributed by atoms with Gasteiger partial charge in [-0.2, -0.15) is 13.2 Å². The number of halogens is 3. The number of alkyl halides is 3. The molecule has 10 heteroatoms. The van der Waals surface area contributed by atoms with Crippen molar-refractivity contribution >= 4 is 16.9 Å². The Balaban J connectivity index is 1.43. The molecular formula is C22H19F3N4O3. The molecule has 0 radical (unpaired) electrons. The number of benzene rings is 1. The molecule has 2 unspecified atom stereocenters. The van der Waals surface area contributed by atoms with Gasteiger partial charge >= 0.3 is 6.18 Å². The number of nitrogens with one attached hydrogen (secondary N) is 2. The summed E-state index contributed by atoms with van der Waals surface area (Å²) in [5.74, 6) is 1.13. The van der Waals surface area contributed by atoms with Crippen LogP contribution in [0.5, 0.6) is 5.75 Å². The fourth-order valence-electron chi connectivity index (χ4n) is 4.71. The zero-order chi connectivity index (χ0) is 21.9. The number of hydrogen-bond donors (Lipinski definition) is 2. The molecule has 1 saturated heterocycles. The molecule has 1 fully saturated rings. The largest absolute Gasteiger partial charge is 0.493 e. The normalized spacial score (nSPS) is 27.0. The van der Waals surface area contributed by atoms with Crippen molar-refractivity contribution in [2.75, 3.05) is 25.1 Å². The predicted octanol–water partition coefficient (Wildman–Crippen LogP) is 4.07. The molecule has 7 rings (SSSR count). The van der Waals surface area contributed by atoms with Crippen LogP contribution in [0.1, 0.15) is 17.3 Å². The van der Waals surface area contributed by atoms with Crippen LogP contribution in [0, 0.1) is 11.8 Å². The number of hydrogen-bond acceptors (Lipinski definition) is 6. The van der Waals surface area contributed by atoms with E-state index >= 15 is 0 Å². The third kappa shape index (κ3) is 3.21. The summed E-state index contributed by atoms with van der Waals surface area (Å²) in [5.41, 5.74) is 1.37. The lowest BCUT2D eigenvalue weighted by Gasteiger charge is -2.43. The molecule has 4 aliphatic rings. The Bertz CT molecular complexity index is 1200. The van der Waals surface area contributed by atoms with Gasteiger partial charge in [0, 0.05) is 17.4 Å². The molecule has 32 heavy (non-hydrogen) atoms. The number of H-pyrrole nitrogens is 1. The first-order valence-corrected chi connectivity index (χ1v) is 10.3. The van der Waals surface area contributed by atoms with Crippen molar-refractivity contribution in [2.45, 2.75) is 18.5 Å². The maximum absolute atomic E-state index is 13.3. The zero-order valence-electron chi connectivity index (χ0n) is 16.7. The van der Waals surface area contributed by atoms with Crippen LogP contribution in [0.25, 0.3) is 11.0 Å². The highest BCUT2D eigenvalue weighted by atomic mass is 19.4. The number of nitrogens with zero attached hydrogens (tertiary/aromatic N) is 2. The summed E-state index contributed by atoms with van der Waals surface area (Å²) in [6.45, 7) is 1.58. The number of aromatic amines is 1. The minimum absolute atomic E-state index is 0.0590. The third-order valence-electron chi connectivity index (χ3n) is 6.25. The molecule has 2 aromatic heterocycles. The second-order valence-electron chi connectivity index (χ2n) is 8.14. The number of para-hydroxylation sites is 1. The van der Waals surface area contributed by atoms with Crippen LogP contribution in [-0.2, 0) is 15.7 Å². The summed E-state index contributed by atoms with van der Waals surface area (Å²) in [5, 5.41) is 3.70. The van der Waals surface area contributed by atoms with Crippen molar-refractivity contribution in [3.8, 4) is 5.75 Å². The van der Waals surface area contributed by atoms with E-state index < -0.39 is 11.9 Å². The predicted molar refractivity (Wildman–Crippen MR) is 108 cm³/mol. The molecule has 0 saturated carbocycles. The van der Waals surface area contributed by atoms with Crippen molar-refractivity contribution in [3.05, 3.63) is 59.6 Å². The molecule has 2 atom stereocenters. The molecule has 2 N–H and O–H groups in total. The van der Waals surface area contributed by atoms with Crippen LogP contribution >= 0.6 is 0 Å². The van der Waals surface area contributed by atoms with Gasteiger partial charge in [-0.25, -0.2) is 9.97 Å². The second kappa shape index (κ2) is 7.21. The van der Waals surface area contributed by atoms with Gasteiger partial charge in [-0.1, -0.05) is 23.8 Å². The SMILES string of the molecule is FC(F)(F)c1cc2c(NC3c4ccccc4OCC3C3=CC4OCC3CO4)ncnc2[nH]1. The summed E-state index contributed by atoms with van der Waals surface area (Å²) >= 11 is 0. The molecule has 6 heterocycles. The van der Waals surface area contributed by atoms with E-state index in [0.717, 1.165) is 17.4 Å².